The van der Waals surface area contributed by atoms with Crippen LogP contribution in [0.2, 0.25) is 0 Å². The van der Waals surface area contributed by atoms with E-state index in [-0.39, 0.29) is 10.8 Å². The topological polar surface area (TPSA) is 78.9 Å². The van der Waals surface area contributed by atoms with Crippen molar-refractivity contribution in [1.29, 1.82) is 0 Å². The van der Waals surface area contributed by atoms with E-state index in [1.165, 1.54) is 62.5 Å². The monoisotopic (exact) mass is 544 g/mol. The van der Waals surface area contributed by atoms with Crippen molar-refractivity contribution in [3.05, 3.63) is 93.1 Å². The van der Waals surface area contributed by atoms with Crippen molar-refractivity contribution < 1.29 is 23.1 Å². The summed E-state index contributed by atoms with van der Waals surface area (Å²) < 4.78 is 21.7. The number of fused-ring (bicyclic) bond motifs is 2. The molecule has 0 saturated heterocycles. The second kappa shape index (κ2) is 13.3. The third-order valence-corrected chi connectivity index (χ3v) is 7.13. The standard InChI is InChI=1S/C20H28O.C14H12O5/c1-16(8-6-9-17(2)13-15-21)11-12-19-18(3)10-7-14-20(19,4)5;1-7-6-9(15)10-11(16-2)8-4-5-18-12(8)14(17-3)13(10)19-7/h6,8-9,11-13,15H,7,10,14H2,1-5H3;4-6H,1-3H3/b9-6+,12-11+,16-8+,17-13+;. The average Bonchev–Trinajstić information content (AvgIpc) is 3.36. The van der Waals surface area contributed by atoms with E-state index in [4.69, 9.17) is 18.3 Å². The Hall–Kier alpha value is -4.06. The largest absolute Gasteiger partial charge is 0.495 e. The molecule has 3 aromatic rings. The van der Waals surface area contributed by atoms with Crippen molar-refractivity contribution in [3.8, 4) is 11.5 Å². The molecule has 40 heavy (non-hydrogen) atoms. The Bertz CT molecular complexity index is 1580. The van der Waals surface area contributed by atoms with Crippen molar-refractivity contribution in [3.63, 3.8) is 0 Å². The number of allylic oxidation sites excluding steroid dienone is 10. The number of aryl methyl sites for hydroxylation is 1. The molecule has 0 amide bonds. The molecule has 0 bridgehead atoms. The summed E-state index contributed by atoms with van der Waals surface area (Å²) in [5, 5.41) is 1.04. The van der Waals surface area contributed by atoms with Crippen LogP contribution in [0.1, 0.15) is 59.6 Å². The van der Waals surface area contributed by atoms with Crippen LogP contribution < -0.4 is 14.9 Å². The Morgan fingerprint density at radius 3 is 2.35 bits per heavy atom. The van der Waals surface area contributed by atoms with Crippen molar-refractivity contribution >= 4 is 28.2 Å². The molecule has 1 aromatic carbocycles. The van der Waals surface area contributed by atoms with Gasteiger partial charge in [0.05, 0.1) is 25.9 Å². The van der Waals surface area contributed by atoms with Gasteiger partial charge in [-0.2, -0.15) is 0 Å². The first-order valence-corrected chi connectivity index (χ1v) is 13.4. The number of rotatable bonds is 7. The molecule has 0 saturated carbocycles. The van der Waals surface area contributed by atoms with Gasteiger partial charge in [-0.15, -0.1) is 0 Å². The lowest BCUT2D eigenvalue weighted by Crippen LogP contribution is -2.19. The van der Waals surface area contributed by atoms with Crippen LogP contribution in [0.4, 0.5) is 0 Å². The van der Waals surface area contributed by atoms with Gasteiger partial charge in [-0.05, 0) is 75.7 Å². The molecule has 0 spiro atoms. The van der Waals surface area contributed by atoms with Crippen LogP contribution in [0, 0.1) is 12.3 Å². The smallest absolute Gasteiger partial charge is 0.206 e. The highest BCUT2D eigenvalue weighted by molar-refractivity contribution is 6.06. The fourth-order valence-corrected chi connectivity index (χ4v) is 5.08. The number of ether oxygens (including phenoxy) is 2. The number of methoxy groups -OCH3 is 2. The van der Waals surface area contributed by atoms with Gasteiger partial charge >= 0.3 is 0 Å². The van der Waals surface area contributed by atoms with Crippen LogP contribution in [0.5, 0.6) is 11.5 Å². The molecule has 0 radical (unpaired) electrons. The highest BCUT2D eigenvalue weighted by Crippen LogP contribution is 2.42. The molecule has 0 unspecified atom stereocenters. The predicted molar refractivity (Wildman–Crippen MR) is 162 cm³/mol. The Labute approximate surface area is 236 Å². The summed E-state index contributed by atoms with van der Waals surface area (Å²) in [5.41, 5.74) is 6.15. The second-order valence-electron chi connectivity index (χ2n) is 10.7. The molecule has 0 atom stereocenters. The minimum absolute atomic E-state index is 0.169. The third-order valence-electron chi connectivity index (χ3n) is 7.13. The maximum atomic E-state index is 12.2. The van der Waals surface area contributed by atoms with Gasteiger partial charge in [0.2, 0.25) is 5.75 Å². The van der Waals surface area contributed by atoms with Gasteiger partial charge in [-0.1, -0.05) is 55.4 Å². The van der Waals surface area contributed by atoms with E-state index in [1.54, 1.807) is 19.1 Å². The summed E-state index contributed by atoms with van der Waals surface area (Å²) in [6.45, 7) is 12.7. The summed E-state index contributed by atoms with van der Waals surface area (Å²) in [6.07, 6.45) is 18.2. The maximum Gasteiger partial charge on any atom is 0.206 e. The molecule has 2 heterocycles. The molecule has 6 heteroatoms. The molecule has 0 fully saturated rings. The van der Waals surface area contributed by atoms with Crippen molar-refractivity contribution in [1.82, 2.24) is 0 Å². The van der Waals surface area contributed by atoms with E-state index >= 15 is 0 Å². The summed E-state index contributed by atoms with van der Waals surface area (Å²) in [4.78, 5) is 22.5. The highest BCUT2D eigenvalue weighted by atomic mass is 16.5. The second-order valence-corrected chi connectivity index (χ2v) is 10.7. The SMILES string of the molecule is CC1=C(/C=C/C(C)=C/C=C/C(C)=C/C=O)C(C)(C)CCC1.COc1c2occc2c(OC)c2c(=O)cc(C)oc12. The lowest BCUT2D eigenvalue weighted by Gasteiger charge is -2.32. The number of carbonyl (C=O) groups is 1. The van der Waals surface area contributed by atoms with Crippen molar-refractivity contribution in [2.45, 2.75) is 60.8 Å². The first kappa shape index (κ1) is 30.5. The third kappa shape index (κ3) is 6.92. The molecule has 0 N–H and O–H groups in total. The van der Waals surface area contributed by atoms with Crippen LogP contribution in [-0.4, -0.2) is 20.5 Å². The number of hydrogen-bond acceptors (Lipinski definition) is 6. The number of furan rings is 1. The first-order valence-electron chi connectivity index (χ1n) is 13.4. The summed E-state index contributed by atoms with van der Waals surface area (Å²) in [7, 11) is 3.01. The molecule has 6 nitrogen and oxygen atoms in total. The van der Waals surface area contributed by atoms with E-state index in [9.17, 15) is 9.59 Å². The van der Waals surface area contributed by atoms with Gasteiger partial charge in [0, 0.05) is 6.07 Å². The molecule has 2 aromatic heterocycles. The molecule has 1 aliphatic rings. The highest BCUT2D eigenvalue weighted by Gasteiger charge is 2.26. The van der Waals surface area contributed by atoms with Gasteiger partial charge in [0.1, 0.15) is 23.2 Å². The van der Waals surface area contributed by atoms with E-state index < -0.39 is 0 Å². The van der Waals surface area contributed by atoms with Gasteiger partial charge in [-0.25, -0.2) is 0 Å². The molecular weight excluding hydrogens is 504 g/mol. The Kier molecular flexibility index (Phi) is 10.2. The fraction of sp³-hybridized carbons (Fsp3) is 0.353. The molecule has 1 aliphatic carbocycles. The fourth-order valence-electron chi connectivity index (χ4n) is 5.08. The van der Waals surface area contributed by atoms with Gasteiger partial charge < -0.3 is 18.3 Å². The number of benzene rings is 1. The van der Waals surface area contributed by atoms with Crippen LogP contribution in [0.3, 0.4) is 0 Å². The molecule has 212 valence electrons. The van der Waals surface area contributed by atoms with Crippen LogP contribution in [-0.2, 0) is 4.79 Å². The lowest BCUT2D eigenvalue weighted by atomic mass is 9.72. The number of hydrogen-bond donors (Lipinski definition) is 0. The van der Waals surface area contributed by atoms with Gasteiger partial charge in [0.25, 0.3) is 0 Å². The average molecular weight is 545 g/mol. The number of aldehydes is 1. The van der Waals surface area contributed by atoms with E-state index in [0.29, 0.717) is 39.2 Å². The molecular formula is C34H40O6. The van der Waals surface area contributed by atoms with Crippen molar-refractivity contribution in [2.24, 2.45) is 5.41 Å². The van der Waals surface area contributed by atoms with Crippen LogP contribution in [0.25, 0.3) is 21.9 Å². The Balaban J connectivity index is 0.000000221. The van der Waals surface area contributed by atoms with Gasteiger partial charge in [0.15, 0.2) is 16.6 Å². The van der Waals surface area contributed by atoms with E-state index in [2.05, 4.69) is 45.9 Å². The summed E-state index contributed by atoms with van der Waals surface area (Å²) >= 11 is 0. The zero-order valence-corrected chi connectivity index (χ0v) is 24.8. The number of carbonyl (C=O) groups excluding carboxylic acids is 1. The zero-order chi connectivity index (χ0) is 29.4. The Morgan fingerprint density at radius 2 is 1.70 bits per heavy atom. The van der Waals surface area contributed by atoms with E-state index in [1.807, 2.05) is 19.1 Å². The quantitative estimate of drug-likeness (QED) is 0.168. The first-order chi connectivity index (χ1) is 19.0. The Morgan fingerprint density at radius 1 is 1.00 bits per heavy atom. The predicted octanol–water partition coefficient (Wildman–Crippen LogP) is 8.58. The minimum atomic E-state index is -0.169. The van der Waals surface area contributed by atoms with Crippen molar-refractivity contribution in [2.75, 3.05) is 14.2 Å². The molecule has 4 rings (SSSR count). The summed E-state index contributed by atoms with van der Waals surface area (Å²) in [5.74, 6) is 1.34. The van der Waals surface area contributed by atoms with E-state index in [0.717, 1.165) is 11.9 Å². The van der Waals surface area contributed by atoms with Crippen LogP contribution in [0.15, 0.2) is 90.8 Å². The lowest BCUT2D eigenvalue weighted by molar-refractivity contribution is -0.104. The maximum absolute atomic E-state index is 12.2. The molecule has 0 aliphatic heterocycles. The minimum Gasteiger partial charge on any atom is -0.495 e. The zero-order valence-electron chi connectivity index (χ0n) is 24.8. The van der Waals surface area contributed by atoms with Gasteiger partial charge in [-0.3, -0.25) is 9.59 Å². The van der Waals surface area contributed by atoms with Crippen LogP contribution >= 0.6 is 0 Å². The summed E-state index contributed by atoms with van der Waals surface area (Å²) in [6, 6.07) is 3.16. The normalized spacial score (nSPS) is 16.1.